The van der Waals surface area contributed by atoms with E-state index in [1.54, 1.807) is 0 Å². The highest BCUT2D eigenvalue weighted by Gasteiger charge is 2.26. The Morgan fingerprint density at radius 3 is 2.35 bits per heavy atom. The van der Waals surface area contributed by atoms with Crippen LogP contribution in [0.5, 0.6) is 5.75 Å². The third-order valence-electron chi connectivity index (χ3n) is 6.10. The molecule has 4 aromatic rings. The van der Waals surface area contributed by atoms with Crippen LogP contribution in [-0.2, 0) is 17.6 Å². The average molecular weight is 452 g/mol. The SMILES string of the molecule is O=C(O)C(Cc1cc(C(c2ccccc2)c2ccccc2)no1)Oc1cccc2c1CCC=C2. The number of ether oxygens (including phenoxy) is 1. The largest absolute Gasteiger partial charge is 0.478 e. The molecule has 0 spiro atoms. The summed E-state index contributed by atoms with van der Waals surface area (Å²) < 4.78 is 11.6. The third kappa shape index (κ3) is 4.64. The Morgan fingerprint density at radius 2 is 1.68 bits per heavy atom. The molecule has 0 bridgehead atoms. The summed E-state index contributed by atoms with van der Waals surface area (Å²) in [6, 6.07) is 27.8. The van der Waals surface area contributed by atoms with Gasteiger partial charge in [0.2, 0.25) is 6.10 Å². The van der Waals surface area contributed by atoms with Gasteiger partial charge in [-0.05, 0) is 35.6 Å². The van der Waals surface area contributed by atoms with E-state index in [9.17, 15) is 9.90 Å². The zero-order valence-corrected chi connectivity index (χ0v) is 18.6. The predicted octanol–water partition coefficient (Wildman–Crippen LogP) is 5.89. The summed E-state index contributed by atoms with van der Waals surface area (Å²) in [5, 5.41) is 14.2. The lowest BCUT2D eigenvalue weighted by atomic mass is 9.88. The van der Waals surface area contributed by atoms with Gasteiger partial charge in [-0.3, -0.25) is 0 Å². The average Bonchev–Trinajstić information content (AvgIpc) is 3.33. The molecule has 5 nitrogen and oxygen atoms in total. The Balaban J connectivity index is 1.41. The first-order valence-corrected chi connectivity index (χ1v) is 11.4. The molecule has 0 saturated carbocycles. The summed E-state index contributed by atoms with van der Waals surface area (Å²) in [6.07, 6.45) is 4.92. The van der Waals surface area contributed by atoms with Crippen molar-refractivity contribution in [3.63, 3.8) is 0 Å². The van der Waals surface area contributed by atoms with Crippen molar-refractivity contribution < 1.29 is 19.2 Å². The number of fused-ring (bicyclic) bond motifs is 1. The number of allylic oxidation sites excluding steroid dienone is 1. The maximum atomic E-state index is 12.1. The number of hydrogen-bond acceptors (Lipinski definition) is 4. The van der Waals surface area contributed by atoms with E-state index in [-0.39, 0.29) is 12.3 Å². The van der Waals surface area contributed by atoms with Gasteiger partial charge in [0.25, 0.3) is 0 Å². The van der Waals surface area contributed by atoms with Crippen LogP contribution in [0.3, 0.4) is 0 Å². The molecule has 34 heavy (non-hydrogen) atoms. The fraction of sp³-hybridized carbons (Fsp3) is 0.172. The molecular formula is C29H25NO4. The highest BCUT2D eigenvalue weighted by Crippen LogP contribution is 2.32. The van der Waals surface area contributed by atoms with E-state index in [2.05, 4.69) is 41.6 Å². The van der Waals surface area contributed by atoms with Gasteiger partial charge in [0.1, 0.15) is 11.5 Å². The first kappa shape index (κ1) is 21.7. The molecule has 1 unspecified atom stereocenters. The normalized spacial score (nSPS) is 13.4. The first-order chi connectivity index (χ1) is 16.7. The maximum absolute atomic E-state index is 12.1. The zero-order chi connectivity index (χ0) is 23.3. The number of aliphatic carboxylic acids is 1. The quantitative estimate of drug-likeness (QED) is 0.362. The summed E-state index contributed by atoms with van der Waals surface area (Å²) in [4.78, 5) is 12.1. The molecule has 1 aliphatic carbocycles. The molecule has 0 fully saturated rings. The van der Waals surface area contributed by atoms with Gasteiger partial charge in [-0.1, -0.05) is 90.1 Å². The Morgan fingerprint density at radius 1 is 0.971 bits per heavy atom. The lowest BCUT2D eigenvalue weighted by molar-refractivity contribution is -0.145. The molecule has 1 aromatic heterocycles. The molecule has 5 rings (SSSR count). The number of aromatic nitrogens is 1. The maximum Gasteiger partial charge on any atom is 0.345 e. The van der Waals surface area contributed by atoms with Gasteiger partial charge < -0.3 is 14.4 Å². The molecule has 0 amide bonds. The van der Waals surface area contributed by atoms with Crippen molar-refractivity contribution in [2.75, 3.05) is 0 Å². The fourth-order valence-corrected chi connectivity index (χ4v) is 4.46. The van der Waals surface area contributed by atoms with Crippen LogP contribution in [0.4, 0.5) is 0 Å². The Kier molecular flexibility index (Phi) is 6.25. The molecule has 0 aliphatic heterocycles. The zero-order valence-electron chi connectivity index (χ0n) is 18.6. The van der Waals surface area contributed by atoms with Crippen molar-refractivity contribution in [3.8, 4) is 5.75 Å². The van der Waals surface area contributed by atoms with Crippen molar-refractivity contribution in [1.29, 1.82) is 0 Å². The van der Waals surface area contributed by atoms with Gasteiger partial charge in [0, 0.05) is 11.6 Å². The van der Waals surface area contributed by atoms with E-state index in [0.717, 1.165) is 40.8 Å². The molecule has 0 saturated heterocycles. The fourth-order valence-electron chi connectivity index (χ4n) is 4.46. The molecule has 5 heteroatoms. The number of hydrogen-bond donors (Lipinski definition) is 1. The second-order valence-electron chi connectivity index (χ2n) is 8.39. The van der Waals surface area contributed by atoms with Crippen LogP contribution < -0.4 is 4.74 Å². The van der Waals surface area contributed by atoms with Crippen LogP contribution in [0.2, 0.25) is 0 Å². The second-order valence-corrected chi connectivity index (χ2v) is 8.39. The van der Waals surface area contributed by atoms with Crippen LogP contribution >= 0.6 is 0 Å². The van der Waals surface area contributed by atoms with Crippen molar-refractivity contribution in [2.24, 2.45) is 0 Å². The van der Waals surface area contributed by atoms with Gasteiger partial charge in [-0.2, -0.15) is 0 Å². The Bertz CT molecular complexity index is 1250. The van der Waals surface area contributed by atoms with Crippen LogP contribution in [0.15, 0.2) is 95.5 Å². The second kappa shape index (κ2) is 9.79. The van der Waals surface area contributed by atoms with Crippen LogP contribution in [0.1, 0.15) is 46.0 Å². The van der Waals surface area contributed by atoms with Crippen LogP contribution in [0.25, 0.3) is 6.08 Å². The van der Waals surface area contributed by atoms with E-state index in [0.29, 0.717) is 11.5 Å². The monoisotopic (exact) mass is 451 g/mol. The smallest absolute Gasteiger partial charge is 0.345 e. The van der Waals surface area contributed by atoms with Gasteiger partial charge in [0.05, 0.1) is 18.0 Å². The number of carbonyl (C=O) groups is 1. The summed E-state index contributed by atoms with van der Waals surface area (Å²) in [6.45, 7) is 0. The van der Waals surface area contributed by atoms with Gasteiger partial charge in [-0.25, -0.2) is 4.79 Å². The van der Waals surface area contributed by atoms with Crippen molar-refractivity contribution >= 4 is 12.0 Å². The van der Waals surface area contributed by atoms with E-state index >= 15 is 0 Å². The Labute approximate surface area is 198 Å². The number of carboxylic acids is 1. The van der Waals surface area contributed by atoms with E-state index in [1.165, 1.54) is 0 Å². The molecule has 1 N–H and O–H groups in total. The summed E-state index contributed by atoms with van der Waals surface area (Å²) in [5.74, 6) is -0.0639. The molecule has 1 aliphatic rings. The molecule has 170 valence electrons. The molecule has 0 radical (unpaired) electrons. The Hall–Kier alpha value is -4.12. The number of benzene rings is 3. The predicted molar refractivity (Wildman–Crippen MR) is 130 cm³/mol. The number of carboxylic acid groups (broad SMARTS) is 1. The summed E-state index contributed by atoms with van der Waals surface area (Å²) in [7, 11) is 0. The van der Waals surface area contributed by atoms with Crippen LogP contribution in [-0.4, -0.2) is 22.3 Å². The minimum atomic E-state index is -1.08. The molecule has 1 heterocycles. The number of nitrogens with zero attached hydrogens (tertiary/aromatic N) is 1. The van der Waals surface area contributed by atoms with Gasteiger partial charge in [0.15, 0.2) is 0 Å². The minimum Gasteiger partial charge on any atom is -0.478 e. The minimum absolute atomic E-state index is 0.0815. The van der Waals surface area contributed by atoms with E-state index in [1.807, 2.05) is 60.7 Å². The topological polar surface area (TPSA) is 72.6 Å². The van der Waals surface area contributed by atoms with Crippen molar-refractivity contribution in [3.05, 3.63) is 125 Å². The van der Waals surface area contributed by atoms with Gasteiger partial charge in [-0.15, -0.1) is 0 Å². The lowest BCUT2D eigenvalue weighted by Gasteiger charge is -2.19. The summed E-state index contributed by atoms with van der Waals surface area (Å²) >= 11 is 0. The standard InChI is InChI=1S/C29H25NO4/c31-29(32)27(33-26-17-9-15-20-10-7-8-16-24(20)26)19-23-18-25(30-34-23)28(21-11-3-1-4-12-21)22-13-5-2-6-14-22/h1-7,9-15,17-18,27-28H,8,16,19H2,(H,31,32). The van der Waals surface area contributed by atoms with Crippen molar-refractivity contribution in [1.82, 2.24) is 5.16 Å². The molecular weight excluding hydrogens is 426 g/mol. The van der Waals surface area contributed by atoms with Crippen molar-refractivity contribution in [2.45, 2.75) is 31.3 Å². The van der Waals surface area contributed by atoms with E-state index < -0.39 is 12.1 Å². The molecule has 1 atom stereocenters. The molecule has 3 aromatic carbocycles. The lowest BCUT2D eigenvalue weighted by Crippen LogP contribution is -2.29. The third-order valence-corrected chi connectivity index (χ3v) is 6.10. The number of rotatable bonds is 8. The summed E-state index contributed by atoms with van der Waals surface area (Å²) in [5.41, 5.74) is 5.03. The van der Waals surface area contributed by atoms with E-state index in [4.69, 9.17) is 9.26 Å². The highest BCUT2D eigenvalue weighted by molar-refractivity contribution is 5.73. The van der Waals surface area contributed by atoms with Crippen LogP contribution in [0, 0.1) is 0 Å². The van der Waals surface area contributed by atoms with Gasteiger partial charge >= 0.3 is 5.97 Å². The first-order valence-electron chi connectivity index (χ1n) is 11.4. The highest BCUT2D eigenvalue weighted by atomic mass is 16.5.